The minimum Gasteiger partial charge on any atom is -0.490 e. The summed E-state index contributed by atoms with van der Waals surface area (Å²) in [7, 11) is 2.23. The number of fused-ring (bicyclic) bond motifs is 3. The third kappa shape index (κ3) is 3.89. The Labute approximate surface area is 191 Å². The lowest BCUT2D eigenvalue weighted by Crippen LogP contribution is -2.43. The van der Waals surface area contributed by atoms with E-state index in [1.54, 1.807) is 17.0 Å². The molecule has 0 saturated carbocycles. The lowest BCUT2D eigenvalue weighted by atomic mass is 10.0. The predicted molar refractivity (Wildman–Crippen MR) is 129 cm³/mol. The fourth-order valence-electron chi connectivity index (χ4n) is 5.12. The van der Waals surface area contributed by atoms with E-state index in [1.165, 1.54) is 24.2 Å². The molecule has 7 heteroatoms. The fourth-order valence-corrected chi connectivity index (χ4v) is 6.27. The molecule has 3 atom stereocenters. The zero-order valence-electron chi connectivity index (χ0n) is 18.5. The fraction of sp³-hybridized carbons (Fsp3) is 0.440. The second kappa shape index (κ2) is 8.81. The molecular formula is C25H29N3O3S. The van der Waals surface area contributed by atoms with Crippen LogP contribution in [-0.2, 0) is 0 Å². The number of benzene rings is 1. The quantitative estimate of drug-likeness (QED) is 0.607. The summed E-state index contributed by atoms with van der Waals surface area (Å²) >= 11 is 1.43. The van der Waals surface area contributed by atoms with Crippen LogP contribution >= 0.6 is 11.3 Å². The van der Waals surface area contributed by atoms with E-state index in [1.807, 2.05) is 37.3 Å². The van der Waals surface area contributed by atoms with Crippen molar-refractivity contribution in [2.75, 3.05) is 13.7 Å². The summed E-state index contributed by atoms with van der Waals surface area (Å²) in [5, 5.41) is 9.25. The molecule has 32 heavy (non-hydrogen) atoms. The number of piperidine rings is 1. The van der Waals surface area contributed by atoms with E-state index in [0.29, 0.717) is 22.3 Å². The van der Waals surface area contributed by atoms with Crippen molar-refractivity contribution >= 4 is 27.1 Å². The van der Waals surface area contributed by atoms with Gasteiger partial charge in [-0.3, -0.25) is 9.36 Å². The van der Waals surface area contributed by atoms with Gasteiger partial charge in [0.2, 0.25) is 0 Å². The summed E-state index contributed by atoms with van der Waals surface area (Å²) in [6.07, 6.45) is 9.16. The summed E-state index contributed by atoms with van der Waals surface area (Å²) in [4.78, 5) is 21.2. The Bertz CT molecular complexity index is 1180. The van der Waals surface area contributed by atoms with Crippen molar-refractivity contribution in [2.45, 2.75) is 57.2 Å². The van der Waals surface area contributed by atoms with Gasteiger partial charge in [-0.05, 0) is 75.1 Å². The van der Waals surface area contributed by atoms with Crippen LogP contribution < -0.4 is 10.3 Å². The number of hydrogen-bond donors (Lipinski definition) is 1. The Morgan fingerprint density at radius 2 is 1.97 bits per heavy atom. The van der Waals surface area contributed by atoms with Gasteiger partial charge in [0, 0.05) is 17.0 Å². The highest BCUT2D eigenvalue weighted by molar-refractivity contribution is 7.19. The third-order valence-electron chi connectivity index (χ3n) is 6.95. The lowest BCUT2D eigenvalue weighted by molar-refractivity contribution is 0.0662. The summed E-state index contributed by atoms with van der Waals surface area (Å²) in [6, 6.07) is 11.0. The molecule has 2 unspecified atom stereocenters. The Morgan fingerprint density at radius 1 is 1.25 bits per heavy atom. The van der Waals surface area contributed by atoms with Crippen molar-refractivity contribution < 1.29 is 9.84 Å². The highest BCUT2D eigenvalue weighted by atomic mass is 32.1. The van der Waals surface area contributed by atoms with Gasteiger partial charge in [-0.15, -0.1) is 11.3 Å². The lowest BCUT2D eigenvalue weighted by Gasteiger charge is -2.36. The van der Waals surface area contributed by atoms with Crippen molar-refractivity contribution in [2.24, 2.45) is 0 Å². The molecule has 0 aliphatic carbocycles. The Kier molecular flexibility index (Phi) is 5.88. The molecule has 168 valence electrons. The molecule has 2 aromatic heterocycles. The molecule has 3 aromatic rings. The molecule has 1 N–H and O–H groups in total. The van der Waals surface area contributed by atoms with Gasteiger partial charge < -0.3 is 14.7 Å². The zero-order chi connectivity index (χ0) is 22.2. The van der Waals surface area contributed by atoms with Crippen molar-refractivity contribution in [1.29, 1.82) is 0 Å². The van der Waals surface area contributed by atoms with Gasteiger partial charge in [-0.1, -0.05) is 13.0 Å². The van der Waals surface area contributed by atoms with Crippen LogP contribution in [0.5, 0.6) is 5.75 Å². The maximum Gasteiger partial charge on any atom is 0.275 e. The Hall–Kier alpha value is -2.48. The second-order valence-electron chi connectivity index (χ2n) is 8.77. The molecule has 2 fully saturated rings. The molecule has 0 amide bonds. The minimum absolute atomic E-state index is 0.0115. The second-order valence-corrected chi connectivity index (χ2v) is 9.82. The molecule has 2 aliphatic rings. The van der Waals surface area contributed by atoms with Gasteiger partial charge in [0.15, 0.2) is 0 Å². The summed E-state index contributed by atoms with van der Waals surface area (Å²) in [6.45, 7) is 2.03. The number of rotatable bonds is 6. The zero-order valence-corrected chi connectivity index (χ0v) is 19.3. The third-order valence-corrected chi connectivity index (χ3v) is 8.13. The molecule has 5 rings (SSSR count). The molecule has 0 radical (unpaired) electrons. The summed E-state index contributed by atoms with van der Waals surface area (Å²) < 4.78 is 8.50. The molecule has 2 bridgehead atoms. The first kappa shape index (κ1) is 21.4. The first-order chi connectivity index (χ1) is 15.6. The van der Waals surface area contributed by atoms with Crippen LogP contribution in [0.25, 0.3) is 21.5 Å². The van der Waals surface area contributed by atoms with E-state index in [4.69, 9.17) is 4.74 Å². The molecule has 1 aromatic carbocycles. The van der Waals surface area contributed by atoms with Crippen LogP contribution in [0.1, 0.15) is 43.9 Å². The summed E-state index contributed by atoms with van der Waals surface area (Å²) in [5.74, 6) is 0.852. The maximum atomic E-state index is 13.2. The van der Waals surface area contributed by atoms with Gasteiger partial charge in [0.25, 0.3) is 5.56 Å². The van der Waals surface area contributed by atoms with Gasteiger partial charge in [-0.2, -0.15) is 0 Å². The van der Waals surface area contributed by atoms with Crippen LogP contribution in [0.2, 0.25) is 0 Å². The SMILES string of the molecule is CC/C(=C\CO)c1cc2ncn(-c3ccc(OC4CC5CC[C@@H](C4)N5C)cc3)c(=O)c2s1. The molecule has 6 nitrogen and oxygen atoms in total. The van der Waals surface area contributed by atoms with E-state index >= 15 is 0 Å². The maximum absolute atomic E-state index is 13.2. The Balaban J connectivity index is 1.37. The van der Waals surface area contributed by atoms with Gasteiger partial charge in [0.05, 0.1) is 17.8 Å². The molecule has 4 heterocycles. The average Bonchev–Trinajstić information content (AvgIpc) is 3.30. The van der Waals surface area contributed by atoms with Crippen LogP contribution in [0, 0.1) is 0 Å². The van der Waals surface area contributed by atoms with Gasteiger partial charge in [0.1, 0.15) is 22.9 Å². The van der Waals surface area contributed by atoms with E-state index in [-0.39, 0.29) is 18.3 Å². The number of hydrogen-bond acceptors (Lipinski definition) is 6. The topological polar surface area (TPSA) is 67.6 Å². The highest BCUT2D eigenvalue weighted by Gasteiger charge is 2.39. The van der Waals surface area contributed by atoms with E-state index < -0.39 is 0 Å². The average molecular weight is 452 g/mol. The van der Waals surface area contributed by atoms with Crippen molar-refractivity contribution in [3.05, 3.63) is 58.0 Å². The Morgan fingerprint density at radius 3 is 2.62 bits per heavy atom. The molecular weight excluding hydrogens is 422 g/mol. The molecule has 0 spiro atoms. The van der Waals surface area contributed by atoms with Gasteiger partial charge in [-0.25, -0.2) is 4.98 Å². The molecule has 2 saturated heterocycles. The smallest absolute Gasteiger partial charge is 0.275 e. The largest absolute Gasteiger partial charge is 0.490 e. The number of aliphatic hydroxyl groups is 1. The number of allylic oxidation sites excluding steroid dienone is 1. The molecule has 2 aliphatic heterocycles. The van der Waals surface area contributed by atoms with E-state index in [0.717, 1.165) is 41.1 Å². The number of ether oxygens (including phenoxy) is 1. The van der Waals surface area contributed by atoms with Crippen LogP contribution in [0.3, 0.4) is 0 Å². The highest BCUT2D eigenvalue weighted by Crippen LogP contribution is 2.36. The van der Waals surface area contributed by atoms with Crippen LogP contribution in [-0.4, -0.2) is 51.4 Å². The predicted octanol–water partition coefficient (Wildman–Crippen LogP) is 4.24. The number of thiophene rings is 1. The standard InChI is InChI=1S/C25H29N3O3S/c1-3-16(10-11-29)23-14-22-24(32-23)25(30)28(15-26-22)17-6-8-20(9-7-17)31-21-12-18-4-5-19(13-21)27(18)2/h6-10,14-15,18-19,21,29H,3-5,11-13H2,1-2H3/b16-10+/t18-,19?,21?/m0/s1. The minimum atomic E-state index is -0.0775. The first-order valence-corrected chi connectivity index (χ1v) is 12.2. The van der Waals surface area contributed by atoms with Crippen LogP contribution in [0.15, 0.2) is 47.5 Å². The monoisotopic (exact) mass is 451 g/mol. The van der Waals surface area contributed by atoms with Crippen LogP contribution in [0.4, 0.5) is 0 Å². The van der Waals surface area contributed by atoms with Crippen molar-refractivity contribution in [3.63, 3.8) is 0 Å². The number of nitrogens with zero attached hydrogens (tertiary/aromatic N) is 3. The normalized spacial score (nSPS) is 23.7. The van der Waals surface area contributed by atoms with E-state index in [9.17, 15) is 9.90 Å². The van der Waals surface area contributed by atoms with Gasteiger partial charge >= 0.3 is 0 Å². The summed E-state index contributed by atoms with van der Waals surface area (Å²) in [5.41, 5.74) is 2.42. The van der Waals surface area contributed by atoms with Crippen molar-refractivity contribution in [1.82, 2.24) is 14.5 Å². The number of aliphatic hydroxyl groups excluding tert-OH is 1. The van der Waals surface area contributed by atoms with Crippen molar-refractivity contribution in [3.8, 4) is 11.4 Å². The first-order valence-electron chi connectivity index (χ1n) is 11.4. The van der Waals surface area contributed by atoms with E-state index in [2.05, 4.69) is 16.9 Å². The number of aromatic nitrogens is 2.